The van der Waals surface area contributed by atoms with Crippen LogP contribution in [-0.2, 0) is 13.5 Å². The molecule has 5 nitrogen and oxygen atoms in total. The maximum Gasteiger partial charge on any atom is 0.202 e. The summed E-state index contributed by atoms with van der Waals surface area (Å²) in [5.74, 6) is 0.637. The van der Waals surface area contributed by atoms with Crippen LogP contribution in [0.2, 0.25) is 0 Å². The Hall–Kier alpha value is -1.52. The van der Waals surface area contributed by atoms with Crippen LogP contribution in [0.1, 0.15) is 51.8 Å². The van der Waals surface area contributed by atoms with Crippen LogP contribution < -0.4 is 5.73 Å². The predicted octanol–water partition coefficient (Wildman–Crippen LogP) is 2.67. The number of fused-ring (bicyclic) bond motifs is 1. The average molecular weight is 261 g/mol. The quantitative estimate of drug-likeness (QED) is 0.904. The molecule has 104 valence electrons. The highest BCUT2D eigenvalue weighted by Crippen LogP contribution is 2.47. The van der Waals surface area contributed by atoms with E-state index in [2.05, 4.69) is 35.4 Å². The molecule has 2 aromatic heterocycles. The molecule has 0 radical (unpaired) electrons. The number of hydrogen-bond acceptors (Lipinski definition) is 3. The van der Waals surface area contributed by atoms with E-state index in [1.807, 2.05) is 11.7 Å². The number of aryl methyl sites for hydroxylation is 2. The summed E-state index contributed by atoms with van der Waals surface area (Å²) in [6.07, 6.45) is 4.57. The minimum Gasteiger partial charge on any atom is -0.369 e. The third-order valence-corrected chi connectivity index (χ3v) is 4.61. The molecule has 1 aliphatic rings. The lowest BCUT2D eigenvalue weighted by atomic mass is 9.87. The first-order valence-corrected chi connectivity index (χ1v) is 7.15. The summed E-state index contributed by atoms with van der Waals surface area (Å²) in [6.45, 7) is 6.76. The van der Waals surface area contributed by atoms with Crippen molar-refractivity contribution < 1.29 is 0 Å². The molecule has 0 bridgehead atoms. The van der Waals surface area contributed by atoms with Gasteiger partial charge in [-0.2, -0.15) is 5.10 Å². The minimum atomic E-state index is 0.276. The summed E-state index contributed by atoms with van der Waals surface area (Å²) in [5.41, 5.74) is 9.57. The Labute approximate surface area is 113 Å². The second-order valence-corrected chi connectivity index (χ2v) is 6.33. The Bertz CT molecular complexity index is 619. The highest BCUT2D eigenvalue weighted by Gasteiger charge is 2.38. The number of imidazole rings is 1. The van der Waals surface area contributed by atoms with Gasteiger partial charge < -0.3 is 5.73 Å². The van der Waals surface area contributed by atoms with Gasteiger partial charge in [0, 0.05) is 13.1 Å². The Balaban J connectivity index is 2.23. The van der Waals surface area contributed by atoms with Crippen molar-refractivity contribution in [2.45, 2.75) is 52.5 Å². The van der Waals surface area contributed by atoms with Gasteiger partial charge in [-0.1, -0.05) is 27.2 Å². The van der Waals surface area contributed by atoms with E-state index in [9.17, 15) is 0 Å². The number of rotatable bonds is 2. The van der Waals surface area contributed by atoms with Crippen molar-refractivity contribution in [3.8, 4) is 0 Å². The van der Waals surface area contributed by atoms with Gasteiger partial charge in [0.1, 0.15) is 5.52 Å². The highest BCUT2D eigenvalue weighted by atomic mass is 15.4. The van der Waals surface area contributed by atoms with Gasteiger partial charge in [0.25, 0.3) is 0 Å². The zero-order valence-electron chi connectivity index (χ0n) is 12.3. The molecule has 0 aliphatic heterocycles. The molecule has 19 heavy (non-hydrogen) atoms. The Morgan fingerprint density at radius 1 is 1.42 bits per heavy atom. The maximum atomic E-state index is 6.20. The van der Waals surface area contributed by atoms with Gasteiger partial charge in [0.15, 0.2) is 5.65 Å². The number of nitrogens with zero attached hydrogens (tertiary/aromatic N) is 4. The van der Waals surface area contributed by atoms with Gasteiger partial charge in [-0.05, 0) is 24.7 Å². The molecule has 1 atom stereocenters. The molecule has 2 heterocycles. The van der Waals surface area contributed by atoms with Crippen LogP contribution in [0.4, 0.5) is 5.95 Å². The largest absolute Gasteiger partial charge is 0.369 e. The minimum absolute atomic E-state index is 0.276. The van der Waals surface area contributed by atoms with Gasteiger partial charge in [0.2, 0.25) is 5.95 Å². The van der Waals surface area contributed by atoms with Crippen molar-refractivity contribution in [2.75, 3.05) is 5.73 Å². The van der Waals surface area contributed by atoms with Crippen molar-refractivity contribution in [2.24, 2.45) is 12.5 Å². The van der Waals surface area contributed by atoms with Crippen molar-refractivity contribution in [1.29, 1.82) is 0 Å². The Morgan fingerprint density at radius 2 is 2.16 bits per heavy atom. The SMILES string of the molecule is CCc1nn(C)c2c1nc(N)n2C1CCCC1(C)C. The Kier molecular flexibility index (Phi) is 2.62. The summed E-state index contributed by atoms with van der Waals surface area (Å²) in [6, 6.07) is 0.428. The van der Waals surface area contributed by atoms with E-state index in [4.69, 9.17) is 5.73 Å². The van der Waals surface area contributed by atoms with Gasteiger partial charge in [-0.25, -0.2) is 4.98 Å². The van der Waals surface area contributed by atoms with Crippen LogP contribution in [0, 0.1) is 5.41 Å². The third kappa shape index (κ3) is 1.67. The van der Waals surface area contributed by atoms with E-state index in [1.165, 1.54) is 19.3 Å². The zero-order chi connectivity index (χ0) is 13.8. The van der Waals surface area contributed by atoms with Crippen molar-refractivity contribution in [1.82, 2.24) is 19.3 Å². The fourth-order valence-corrected chi connectivity index (χ4v) is 3.55. The van der Waals surface area contributed by atoms with Crippen LogP contribution in [0.25, 0.3) is 11.2 Å². The molecule has 5 heteroatoms. The summed E-state index contributed by atoms with van der Waals surface area (Å²) < 4.78 is 4.15. The molecule has 0 saturated heterocycles. The lowest BCUT2D eigenvalue weighted by Crippen LogP contribution is -2.23. The van der Waals surface area contributed by atoms with Crippen molar-refractivity contribution in [3.63, 3.8) is 0 Å². The number of anilines is 1. The summed E-state index contributed by atoms with van der Waals surface area (Å²) >= 11 is 0. The first kappa shape index (κ1) is 12.5. The third-order valence-electron chi connectivity index (χ3n) is 4.61. The van der Waals surface area contributed by atoms with Gasteiger partial charge in [0.05, 0.1) is 5.69 Å². The van der Waals surface area contributed by atoms with E-state index in [0.29, 0.717) is 12.0 Å². The summed E-state index contributed by atoms with van der Waals surface area (Å²) in [5, 5.41) is 4.57. The molecule has 2 aromatic rings. The molecule has 1 saturated carbocycles. The first-order valence-electron chi connectivity index (χ1n) is 7.15. The van der Waals surface area contributed by atoms with Gasteiger partial charge in [-0.15, -0.1) is 0 Å². The van der Waals surface area contributed by atoms with E-state index >= 15 is 0 Å². The molecule has 2 N–H and O–H groups in total. The smallest absolute Gasteiger partial charge is 0.202 e. The van der Waals surface area contributed by atoms with Crippen LogP contribution in [-0.4, -0.2) is 19.3 Å². The second-order valence-electron chi connectivity index (χ2n) is 6.33. The van der Waals surface area contributed by atoms with E-state index in [-0.39, 0.29) is 5.41 Å². The Morgan fingerprint density at radius 3 is 2.74 bits per heavy atom. The van der Waals surface area contributed by atoms with Crippen LogP contribution in [0.3, 0.4) is 0 Å². The lowest BCUT2D eigenvalue weighted by Gasteiger charge is -2.29. The second kappa shape index (κ2) is 3.99. The van der Waals surface area contributed by atoms with Crippen LogP contribution >= 0.6 is 0 Å². The molecule has 0 spiro atoms. The first-order chi connectivity index (χ1) is 8.95. The zero-order valence-corrected chi connectivity index (χ0v) is 12.3. The van der Waals surface area contributed by atoms with Crippen molar-refractivity contribution >= 4 is 17.1 Å². The molecule has 1 aliphatic carbocycles. The summed E-state index contributed by atoms with van der Waals surface area (Å²) in [4.78, 5) is 4.57. The predicted molar refractivity (Wildman–Crippen MR) is 77.0 cm³/mol. The maximum absolute atomic E-state index is 6.20. The average Bonchev–Trinajstić information content (AvgIpc) is 2.93. The summed E-state index contributed by atoms with van der Waals surface area (Å²) in [7, 11) is 1.99. The molecule has 0 aromatic carbocycles. The van der Waals surface area contributed by atoms with Crippen LogP contribution in [0.15, 0.2) is 0 Å². The van der Waals surface area contributed by atoms with Gasteiger partial charge >= 0.3 is 0 Å². The van der Waals surface area contributed by atoms with Gasteiger partial charge in [-0.3, -0.25) is 9.25 Å². The fraction of sp³-hybridized carbons (Fsp3) is 0.714. The van der Waals surface area contributed by atoms with E-state index < -0.39 is 0 Å². The monoisotopic (exact) mass is 261 g/mol. The highest BCUT2D eigenvalue weighted by molar-refractivity contribution is 5.78. The van der Waals surface area contributed by atoms with Crippen molar-refractivity contribution in [3.05, 3.63) is 5.69 Å². The molecule has 3 rings (SSSR count). The number of nitrogens with two attached hydrogens (primary N) is 1. The van der Waals surface area contributed by atoms with E-state index in [1.54, 1.807) is 0 Å². The van der Waals surface area contributed by atoms with E-state index in [0.717, 1.165) is 23.3 Å². The number of nitrogen functional groups attached to an aromatic ring is 1. The molecule has 1 unspecified atom stereocenters. The lowest BCUT2D eigenvalue weighted by molar-refractivity contribution is 0.266. The normalized spacial score (nSPS) is 22.4. The fourth-order valence-electron chi connectivity index (χ4n) is 3.55. The standard InChI is InChI=1S/C14H23N5/c1-5-9-11-12(18(4)17-9)19(13(15)16-11)10-7-6-8-14(10,2)3/h10H,5-8H2,1-4H3,(H2,15,16). The number of hydrogen-bond donors (Lipinski definition) is 1. The van der Waals surface area contributed by atoms with Crippen LogP contribution in [0.5, 0.6) is 0 Å². The molecule has 0 amide bonds. The topological polar surface area (TPSA) is 61.7 Å². The molecular weight excluding hydrogens is 238 g/mol. The molecular formula is C14H23N5. The molecule has 1 fully saturated rings. The number of aromatic nitrogens is 4.